The third-order valence-electron chi connectivity index (χ3n) is 3.11. The van der Waals surface area contributed by atoms with Crippen LogP contribution in [-0.4, -0.2) is 24.5 Å². The van der Waals surface area contributed by atoms with E-state index in [1.165, 1.54) is 9.13 Å². The van der Waals surface area contributed by atoms with Crippen LogP contribution in [0.4, 0.5) is 0 Å². The van der Waals surface area contributed by atoms with Crippen molar-refractivity contribution in [2.75, 3.05) is 0 Å². The van der Waals surface area contributed by atoms with Gasteiger partial charge in [-0.3, -0.25) is 4.68 Å². The van der Waals surface area contributed by atoms with E-state index >= 15 is 0 Å². The van der Waals surface area contributed by atoms with Crippen molar-refractivity contribution in [2.45, 2.75) is 20.0 Å². The van der Waals surface area contributed by atoms with Gasteiger partial charge in [-0.15, -0.1) is 0 Å². The van der Waals surface area contributed by atoms with Gasteiger partial charge >= 0.3 is 0 Å². The molecule has 0 saturated heterocycles. The van der Waals surface area contributed by atoms with E-state index in [1.54, 1.807) is 6.33 Å². The predicted molar refractivity (Wildman–Crippen MR) is 85.2 cm³/mol. The van der Waals surface area contributed by atoms with Crippen molar-refractivity contribution in [3.8, 4) is 11.1 Å². The zero-order valence-electron chi connectivity index (χ0n) is 11.1. The van der Waals surface area contributed by atoms with E-state index in [2.05, 4.69) is 69.0 Å². The monoisotopic (exact) mass is 379 g/mol. The summed E-state index contributed by atoms with van der Waals surface area (Å²) >= 11 is 2.30. The summed E-state index contributed by atoms with van der Waals surface area (Å²) in [6.07, 6.45) is 5.51. The van der Waals surface area contributed by atoms with Crippen molar-refractivity contribution in [3.63, 3.8) is 0 Å². The number of halogens is 1. The summed E-state index contributed by atoms with van der Waals surface area (Å²) in [5.74, 6) is 0.921. The molecule has 0 fully saturated rings. The topological polar surface area (TPSA) is 48.5 Å². The number of nitrogens with zero attached hydrogens (tertiary/aromatic N) is 5. The molecule has 20 heavy (non-hydrogen) atoms. The van der Waals surface area contributed by atoms with E-state index in [0.29, 0.717) is 6.54 Å². The fourth-order valence-corrected chi connectivity index (χ4v) is 2.42. The van der Waals surface area contributed by atoms with E-state index in [0.717, 1.165) is 17.9 Å². The Kier molecular flexibility index (Phi) is 3.81. The van der Waals surface area contributed by atoms with Crippen molar-refractivity contribution in [2.24, 2.45) is 0 Å². The lowest BCUT2D eigenvalue weighted by Crippen LogP contribution is -2.09. The molecular formula is C14H14IN5. The average molecular weight is 379 g/mol. The zero-order chi connectivity index (χ0) is 13.9. The SMILES string of the molecule is CCn1ncnc1Cn1cc(-c2ccc(I)cc2)cn1. The maximum Gasteiger partial charge on any atom is 0.148 e. The van der Waals surface area contributed by atoms with Gasteiger partial charge in [0.15, 0.2) is 0 Å². The van der Waals surface area contributed by atoms with Crippen molar-refractivity contribution < 1.29 is 0 Å². The third-order valence-corrected chi connectivity index (χ3v) is 3.83. The molecule has 0 aliphatic carbocycles. The fraction of sp³-hybridized carbons (Fsp3) is 0.214. The summed E-state index contributed by atoms with van der Waals surface area (Å²) < 4.78 is 5.00. The second kappa shape index (κ2) is 5.74. The first-order valence-corrected chi connectivity index (χ1v) is 7.49. The normalized spacial score (nSPS) is 10.9. The van der Waals surface area contributed by atoms with Gasteiger partial charge in [-0.2, -0.15) is 10.2 Å². The van der Waals surface area contributed by atoms with Gasteiger partial charge in [-0.25, -0.2) is 9.67 Å². The molecule has 0 bridgehead atoms. The zero-order valence-corrected chi connectivity index (χ0v) is 13.2. The first-order valence-electron chi connectivity index (χ1n) is 6.41. The van der Waals surface area contributed by atoms with Gasteiger partial charge in [0.25, 0.3) is 0 Å². The highest BCUT2D eigenvalue weighted by molar-refractivity contribution is 14.1. The molecule has 0 unspecified atom stereocenters. The van der Waals surface area contributed by atoms with Gasteiger partial charge in [0, 0.05) is 21.9 Å². The fourth-order valence-electron chi connectivity index (χ4n) is 2.06. The summed E-state index contributed by atoms with van der Waals surface area (Å²) in [5, 5.41) is 8.57. The first-order chi connectivity index (χ1) is 9.76. The minimum Gasteiger partial charge on any atom is -0.264 e. The van der Waals surface area contributed by atoms with Crippen LogP contribution in [-0.2, 0) is 13.1 Å². The lowest BCUT2D eigenvalue weighted by molar-refractivity contribution is 0.568. The number of benzene rings is 1. The second-order valence-corrected chi connectivity index (χ2v) is 5.67. The molecule has 0 spiro atoms. The smallest absolute Gasteiger partial charge is 0.148 e. The van der Waals surface area contributed by atoms with Crippen LogP contribution < -0.4 is 0 Å². The quantitative estimate of drug-likeness (QED) is 0.655. The molecule has 0 radical (unpaired) electrons. The summed E-state index contributed by atoms with van der Waals surface area (Å²) in [7, 11) is 0. The standard InChI is InChI=1S/C14H14IN5/c1-2-20-14(16-10-18-20)9-19-8-12(7-17-19)11-3-5-13(15)6-4-11/h3-8,10H,2,9H2,1H3. The molecule has 102 valence electrons. The van der Waals surface area contributed by atoms with Crippen molar-refractivity contribution >= 4 is 22.6 Å². The second-order valence-electron chi connectivity index (χ2n) is 4.43. The first kappa shape index (κ1) is 13.3. The predicted octanol–water partition coefficient (Wildman–Crippen LogP) is 2.81. The molecule has 6 heteroatoms. The maximum absolute atomic E-state index is 4.40. The van der Waals surface area contributed by atoms with E-state index in [4.69, 9.17) is 0 Å². The molecule has 0 N–H and O–H groups in total. The highest BCUT2D eigenvalue weighted by Gasteiger charge is 2.06. The van der Waals surface area contributed by atoms with Gasteiger partial charge in [-0.05, 0) is 47.2 Å². The lowest BCUT2D eigenvalue weighted by Gasteiger charge is -2.02. The number of hydrogen-bond acceptors (Lipinski definition) is 3. The number of aryl methyl sites for hydroxylation is 1. The van der Waals surface area contributed by atoms with E-state index in [9.17, 15) is 0 Å². The Morgan fingerprint density at radius 3 is 2.65 bits per heavy atom. The highest BCUT2D eigenvalue weighted by atomic mass is 127. The van der Waals surface area contributed by atoms with Crippen LogP contribution in [0.15, 0.2) is 43.0 Å². The van der Waals surface area contributed by atoms with Crippen molar-refractivity contribution in [3.05, 3.63) is 52.4 Å². The molecule has 2 heterocycles. The molecule has 0 aliphatic rings. The van der Waals surface area contributed by atoms with Gasteiger partial charge < -0.3 is 0 Å². The Bertz CT molecular complexity index is 698. The Hall–Kier alpha value is -1.70. The average Bonchev–Trinajstić information content (AvgIpc) is 3.09. The van der Waals surface area contributed by atoms with Crippen LogP contribution in [0.1, 0.15) is 12.7 Å². The molecule has 3 aromatic rings. The van der Waals surface area contributed by atoms with Crippen LogP contribution in [0.5, 0.6) is 0 Å². The molecular weight excluding hydrogens is 365 g/mol. The van der Waals surface area contributed by atoms with E-state index < -0.39 is 0 Å². The van der Waals surface area contributed by atoms with Crippen LogP contribution >= 0.6 is 22.6 Å². The molecule has 3 rings (SSSR count). The van der Waals surface area contributed by atoms with Crippen LogP contribution in [0, 0.1) is 3.57 Å². The van der Waals surface area contributed by atoms with Gasteiger partial charge in [0.1, 0.15) is 18.7 Å². The summed E-state index contributed by atoms with van der Waals surface area (Å²) in [6.45, 7) is 3.51. The van der Waals surface area contributed by atoms with Gasteiger partial charge in [0.2, 0.25) is 0 Å². The van der Waals surface area contributed by atoms with Gasteiger partial charge in [-0.1, -0.05) is 12.1 Å². The lowest BCUT2D eigenvalue weighted by atomic mass is 10.1. The minimum absolute atomic E-state index is 0.637. The Balaban J connectivity index is 1.82. The Labute approximate surface area is 130 Å². The van der Waals surface area contributed by atoms with Gasteiger partial charge in [0.05, 0.1) is 6.20 Å². The molecule has 0 saturated carbocycles. The molecule has 0 amide bonds. The molecule has 0 atom stereocenters. The largest absolute Gasteiger partial charge is 0.264 e. The van der Waals surface area contributed by atoms with Crippen molar-refractivity contribution in [1.29, 1.82) is 0 Å². The summed E-state index contributed by atoms with van der Waals surface area (Å²) in [4.78, 5) is 4.27. The number of aromatic nitrogens is 5. The third kappa shape index (κ3) is 2.74. The molecule has 2 aromatic heterocycles. The summed E-state index contributed by atoms with van der Waals surface area (Å²) in [6, 6.07) is 8.41. The summed E-state index contributed by atoms with van der Waals surface area (Å²) in [5.41, 5.74) is 2.29. The minimum atomic E-state index is 0.637. The Morgan fingerprint density at radius 1 is 1.10 bits per heavy atom. The molecule has 0 aliphatic heterocycles. The van der Waals surface area contributed by atoms with Crippen molar-refractivity contribution in [1.82, 2.24) is 24.5 Å². The molecule has 5 nitrogen and oxygen atoms in total. The Morgan fingerprint density at radius 2 is 1.90 bits per heavy atom. The number of rotatable bonds is 4. The number of hydrogen-bond donors (Lipinski definition) is 0. The van der Waals surface area contributed by atoms with Crippen LogP contribution in [0.3, 0.4) is 0 Å². The van der Waals surface area contributed by atoms with E-state index in [-0.39, 0.29) is 0 Å². The highest BCUT2D eigenvalue weighted by Crippen LogP contribution is 2.19. The van der Waals surface area contributed by atoms with Crippen LogP contribution in [0.2, 0.25) is 0 Å². The van der Waals surface area contributed by atoms with E-state index in [1.807, 2.05) is 21.8 Å². The maximum atomic E-state index is 4.40. The van der Waals surface area contributed by atoms with Crippen LogP contribution in [0.25, 0.3) is 11.1 Å². The molecule has 1 aromatic carbocycles.